The molecule has 0 spiro atoms. The van der Waals surface area contributed by atoms with Crippen molar-refractivity contribution in [2.75, 3.05) is 0 Å². The number of aliphatic carboxylic acids is 1. The van der Waals surface area contributed by atoms with Crippen LogP contribution in [-0.4, -0.2) is 43.3 Å². The SMILES string of the molecule is Cc1nc(-c2nnn(C)c2CNC(=O)OCc2cccc(F)c2)ccc1O[C@H]1CCCC(C(=O)O)C1. The maximum atomic E-state index is 13.3. The average molecular weight is 498 g/mol. The summed E-state index contributed by atoms with van der Waals surface area (Å²) in [6.45, 7) is 1.85. The summed E-state index contributed by atoms with van der Waals surface area (Å²) in [4.78, 5) is 28.1. The fourth-order valence-corrected chi connectivity index (χ4v) is 4.22. The molecule has 0 aliphatic heterocycles. The largest absolute Gasteiger partial charge is 0.489 e. The number of carboxylic acid groups (broad SMARTS) is 1. The van der Waals surface area contributed by atoms with Gasteiger partial charge in [-0.1, -0.05) is 17.3 Å². The number of aromatic nitrogens is 4. The highest BCUT2D eigenvalue weighted by Crippen LogP contribution is 2.30. The smallest absolute Gasteiger partial charge is 0.407 e. The van der Waals surface area contributed by atoms with Gasteiger partial charge in [-0.2, -0.15) is 0 Å². The van der Waals surface area contributed by atoms with Crippen LogP contribution in [0.25, 0.3) is 11.4 Å². The van der Waals surface area contributed by atoms with E-state index in [1.54, 1.807) is 31.3 Å². The van der Waals surface area contributed by atoms with Gasteiger partial charge in [-0.3, -0.25) is 4.79 Å². The summed E-state index contributed by atoms with van der Waals surface area (Å²) in [5.41, 5.74) is 2.87. The second kappa shape index (κ2) is 11.1. The standard InChI is InChI=1S/C25H28FN5O5/c1-15-22(36-19-8-4-6-17(12-19)24(32)33)10-9-20(28-15)23-21(31(2)30-29-23)13-27-25(34)35-14-16-5-3-7-18(26)11-16/h3,5,7,9-11,17,19H,4,6,8,12-14H2,1-2H3,(H,27,34)(H,32,33)/t17?,19-/m0/s1. The van der Waals surface area contributed by atoms with Crippen molar-refractivity contribution in [1.82, 2.24) is 25.3 Å². The molecule has 0 bridgehead atoms. The third-order valence-electron chi connectivity index (χ3n) is 6.15. The normalized spacial score (nSPS) is 17.4. The first-order valence-corrected chi connectivity index (χ1v) is 11.7. The van der Waals surface area contributed by atoms with Crippen LogP contribution in [0.4, 0.5) is 9.18 Å². The minimum Gasteiger partial charge on any atom is -0.489 e. The van der Waals surface area contributed by atoms with Crippen molar-refractivity contribution in [3.63, 3.8) is 0 Å². The second-order valence-electron chi connectivity index (χ2n) is 8.79. The molecule has 10 nitrogen and oxygen atoms in total. The Kier molecular flexibility index (Phi) is 7.77. The molecule has 2 heterocycles. The molecule has 1 aromatic carbocycles. The number of halogens is 1. The quantitative estimate of drug-likeness (QED) is 0.481. The Morgan fingerprint density at radius 3 is 2.83 bits per heavy atom. The van der Waals surface area contributed by atoms with Crippen LogP contribution in [0.3, 0.4) is 0 Å². The Morgan fingerprint density at radius 1 is 1.25 bits per heavy atom. The van der Waals surface area contributed by atoms with Crippen LogP contribution in [0.2, 0.25) is 0 Å². The molecule has 36 heavy (non-hydrogen) atoms. The Bertz CT molecular complexity index is 1250. The van der Waals surface area contributed by atoms with Crippen LogP contribution in [0.1, 0.15) is 42.6 Å². The van der Waals surface area contributed by atoms with E-state index in [4.69, 9.17) is 9.47 Å². The molecule has 2 atom stereocenters. The van der Waals surface area contributed by atoms with E-state index in [0.29, 0.717) is 46.9 Å². The molecule has 2 aromatic heterocycles. The lowest BCUT2D eigenvalue weighted by Crippen LogP contribution is -2.29. The van der Waals surface area contributed by atoms with Crippen molar-refractivity contribution in [3.05, 3.63) is 59.2 Å². The number of nitrogens with one attached hydrogen (secondary N) is 1. The fraction of sp³-hybridized carbons (Fsp3) is 0.400. The van der Waals surface area contributed by atoms with Gasteiger partial charge in [0.15, 0.2) is 0 Å². The number of amides is 1. The molecule has 1 aliphatic rings. The average Bonchev–Trinajstić information content (AvgIpc) is 3.23. The van der Waals surface area contributed by atoms with Gasteiger partial charge in [0, 0.05) is 7.05 Å². The number of nitrogens with zero attached hydrogens (tertiary/aromatic N) is 4. The summed E-state index contributed by atoms with van der Waals surface area (Å²) in [5.74, 6) is -0.967. The number of carboxylic acids is 1. The van der Waals surface area contributed by atoms with Gasteiger partial charge in [-0.25, -0.2) is 18.9 Å². The van der Waals surface area contributed by atoms with E-state index in [9.17, 15) is 19.1 Å². The number of aryl methyl sites for hydroxylation is 2. The Hall–Kier alpha value is -4.02. The van der Waals surface area contributed by atoms with Gasteiger partial charge in [-0.15, -0.1) is 5.10 Å². The van der Waals surface area contributed by atoms with Gasteiger partial charge in [-0.05, 0) is 62.4 Å². The van der Waals surface area contributed by atoms with E-state index >= 15 is 0 Å². The topological polar surface area (TPSA) is 128 Å². The molecular weight excluding hydrogens is 469 g/mol. The highest BCUT2D eigenvalue weighted by atomic mass is 19.1. The van der Waals surface area contributed by atoms with Gasteiger partial charge in [0.1, 0.15) is 23.9 Å². The first-order valence-electron chi connectivity index (χ1n) is 11.7. The predicted molar refractivity (Wildman–Crippen MR) is 126 cm³/mol. The molecule has 3 aromatic rings. The molecule has 0 saturated heterocycles. The molecule has 0 radical (unpaired) electrons. The van der Waals surface area contributed by atoms with Crippen LogP contribution in [0.15, 0.2) is 36.4 Å². The number of hydrogen-bond donors (Lipinski definition) is 2. The van der Waals surface area contributed by atoms with E-state index in [0.717, 1.165) is 12.8 Å². The fourth-order valence-electron chi connectivity index (χ4n) is 4.22. The number of carbonyl (C=O) groups is 2. The number of hydrogen-bond acceptors (Lipinski definition) is 7. The van der Waals surface area contributed by atoms with Crippen molar-refractivity contribution in [3.8, 4) is 17.1 Å². The Balaban J connectivity index is 1.38. The Labute approximate surface area is 207 Å². The zero-order valence-electron chi connectivity index (χ0n) is 20.1. The molecule has 1 unspecified atom stereocenters. The zero-order chi connectivity index (χ0) is 25.7. The lowest BCUT2D eigenvalue weighted by molar-refractivity contribution is -0.143. The van der Waals surface area contributed by atoms with E-state index in [1.807, 2.05) is 6.92 Å². The van der Waals surface area contributed by atoms with Crippen molar-refractivity contribution < 1.29 is 28.6 Å². The van der Waals surface area contributed by atoms with Crippen LogP contribution in [-0.2, 0) is 29.7 Å². The Morgan fingerprint density at radius 2 is 2.08 bits per heavy atom. The van der Waals surface area contributed by atoms with Crippen LogP contribution in [0.5, 0.6) is 5.75 Å². The van der Waals surface area contributed by atoms with E-state index in [2.05, 4.69) is 20.6 Å². The lowest BCUT2D eigenvalue weighted by Gasteiger charge is -2.27. The van der Waals surface area contributed by atoms with Gasteiger partial charge in [0.25, 0.3) is 0 Å². The molecule has 1 saturated carbocycles. The zero-order valence-corrected chi connectivity index (χ0v) is 20.1. The molecule has 4 rings (SSSR count). The summed E-state index contributed by atoms with van der Waals surface area (Å²) in [6.07, 6.45) is 1.94. The molecule has 11 heteroatoms. The molecule has 1 amide bonds. The van der Waals surface area contributed by atoms with Crippen LogP contribution < -0.4 is 10.1 Å². The highest BCUT2D eigenvalue weighted by molar-refractivity contribution is 5.70. The van der Waals surface area contributed by atoms with E-state index in [-0.39, 0.29) is 25.2 Å². The van der Waals surface area contributed by atoms with Crippen molar-refractivity contribution >= 4 is 12.1 Å². The van der Waals surface area contributed by atoms with Crippen molar-refractivity contribution in [1.29, 1.82) is 0 Å². The minimum absolute atomic E-state index is 0.0590. The van der Waals surface area contributed by atoms with E-state index < -0.39 is 17.9 Å². The molecule has 1 fully saturated rings. The number of rotatable bonds is 8. The molecule has 1 aliphatic carbocycles. The number of carbonyl (C=O) groups excluding carboxylic acids is 1. The maximum absolute atomic E-state index is 13.3. The van der Waals surface area contributed by atoms with Crippen LogP contribution in [0, 0.1) is 18.7 Å². The van der Waals surface area contributed by atoms with E-state index in [1.165, 1.54) is 16.8 Å². The highest BCUT2D eigenvalue weighted by Gasteiger charge is 2.28. The maximum Gasteiger partial charge on any atom is 0.407 e. The number of alkyl carbamates (subject to hydrolysis) is 1. The number of pyridine rings is 1. The van der Waals surface area contributed by atoms with Gasteiger partial charge in [0.05, 0.1) is 35.6 Å². The monoisotopic (exact) mass is 497 g/mol. The second-order valence-corrected chi connectivity index (χ2v) is 8.79. The first-order chi connectivity index (χ1) is 17.3. The third-order valence-corrected chi connectivity index (χ3v) is 6.15. The predicted octanol–water partition coefficient (Wildman–Crippen LogP) is 3.77. The summed E-state index contributed by atoms with van der Waals surface area (Å²) in [5, 5.41) is 20.2. The summed E-state index contributed by atoms with van der Waals surface area (Å²) >= 11 is 0. The van der Waals surface area contributed by atoms with Gasteiger partial charge in [0.2, 0.25) is 0 Å². The van der Waals surface area contributed by atoms with Crippen LogP contribution >= 0.6 is 0 Å². The minimum atomic E-state index is -0.782. The van der Waals surface area contributed by atoms with Crippen molar-refractivity contribution in [2.24, 2.45) is 13.0 Å². The number of ether oxygens (including phenoxy) is 2. The molecule has 2 N–H and O–H groups in total. The summed E-state index contributed by atoms with van der Waals surface area (Å²) in [6, 6.07) is 9.39. The summed E-state index contributed by atoms with van der Waals surface area (Å²) in [7, 11) is 1.71. The third kappa shape index (κ3) is 6.15. The van der Waals surface area contributed by atoms with Gasteiger partial charge < -0.3 is 19.9 Å². The molecule has 190 valence electrons. The van der Waals surface area contributed by atoms with Gasteiger partial charge >= 0.3 is 12.1 Å². The first kappa shape index (κ1) is 25.1. The molecular formula is C25H28FN5O5. The summed E-state index contributed by atoms with van der Waals surface area (Å²) < 4.78 is 26.1. The van der Waals surface area contributed by atoms with Crippen molar-refractivity contribution in [2.45, 2.75) is 51.9 Å². The number of benzene rings is 1. The lowest BCUT2D eigenvalue weighted by atomic mass is 9.87.